The van der Waals surface area contributed by atoms with E-state index in [-0.39, 0.29) is 0 Å². The van der Waals surface area contributed by atoms with Crippen molar-refractivity contribution in [1.82, 2.24) is 0 Å². The van der Waals surface area contributed by atoms with Gasteiger partial charge in [-0.05, 0) is 35.9 Å². The molecule has 2 aromatic carbocycles. The molecule has 0 aliphatic heterocycles. The van der Waals surface area contributed by atoms with E-state index >= 15 is 0 Å². The molecule has 0 fully saturated rings. The molecule has 2 N–H and O–H groups in total. The maximum atomic E-state index is 5.73. The number of benzene rings is 2. The van der Waals surface area contributed by atoms with Crippen molar-refractivity contribution in [2.24, 2.45) is 5.73 Å². The van der Waals surface area contributed by atoms with E-state index in [1.807, 2.05) is 30.0 Å². The Hall–Kier alpha value is -0.970. The molecule has 0 atom stereocenters. The van der Waals surface area contributed by atoms with Crippen LogP contribution in [0.3, 0.4) is 0 Å². The molecule has 100 valence electrons. The molecule has 0 aliphatic rings. The number of hydrogen-bond acceptors (Lipinski definition) is 3. The lowest BCUT2D eigenvalue weighted by atomic mass is 10.1. The van der Waals surface area contributed by atoms with Crippen LogP contribution in [0.15, 0.2) is 51.8 Å². The third-order valence-corrected chi connectivity index (χ3v) is 4.32. The van der Waals surface area contributed by atoms with Gasteiger partial charge in [0.1, 0.15) is 5.75 Å². The van der Waals surface area contributed by atoms with Crippen LogP contribution in [0.2, 0.25) is 0 Å². The molecule has 0 radical (unpaired) electrons. The van der Waals surface area contributed by atoms with Crippen LogP contribution in [-0.4, -0.2) is 7.11 Å². The number of thioether (sulfide) groups is 1. The Labute approximate surface area is 126 Å². The van der Waals surface area contributed by atoms with Crippen LogP contribution in [0.4, 0.5) is 0 Å². The van der Waals surface area contributed by atoms with E-state index < -0.39 is 0 Å². The molecule has 0 saturated heterocycles. The summed E-state index contributed by atoms with van der Waals surface area (Å²) in [5.41, 5.74) is 8.04. The minimum atomic E-state index is 0.499. The molecule has 0 heterocycles. The molecular formula is C15H16BrNOS. The standard InChI is InChI=1S/C15H16BrNOS/c1-18-15-6-5-11(7-12(15)9-17)10-19-14-4-2-3-13(16)8-14/h2-8H,9-10,17H2,1H3. The van der Waals surface area contributed by atoms with Gasteiger partial charge in [-0.25, -0.2) is 0 Å². The van der Waals surface area contributed by atoms with E-state index in [2.05, 4.69) is 40.2 Å². The van der Waals surface area contributed by atoms with Gasteiger partial charge in [0, 0.05) is 27.2 Å². The lowest BCUT2D eigenvalue weighted by Gasteiger charge is -2.09. The molecule has 0 spiro atoms. The average molecular weight is 338 g/mol. The Morgan fingerprint density at radius 1 is 1.21 bits per heavy atom. The average Bonchev–Trinajstić information content (AvgIpc) is 2.45. The van der Waals surface area contributed by atoms with Gasteiger partial charge in [-0.2, -0.15) is 0 Å². The zero-order valence-electron chi connectivity index (χ0n) is 10.7. The van der Waals surface area contributed by atoms with E-state index in [4.69, 9.17) is 10.5 Å². The number of halogens is 1. The fourth-order valence-electron chi connectivity index (χ4n) is 1.80. The van der Waals surface area contributed by atoms with Crippen molar-refractivity contribution in [3.8, 4) is 5.75 Å². The molecule has 0 aromatic heterocycles. The Morgan fingerprint density at radius 2 is 2.05 bits per heavy atom. The molecular weight excluding hydrogens is 322 g/mol. The summed E-state index contributed by atoms with van der Waals surface area (Å²) in [6.45, 7) is 0.499. The van der Waals surface area contributed by atoms with E-state index in [9.17, 15) is 0 Å². The van der Waals surface area contributed by atoms with E-state index in [1.54, 1.807) is 7.11 Å². The number of methoxy groups -OCH3 is 1. The summed E-state index contributed by atoms with van der Waals surface area (Å²) < 4.78 is 6.38. The maximum Gasteiger partial charge on any atom is 0.123 e. The Morgan fingerprint density at radius 3 is 2.74 bits per heavy atom. The fraction of sp³-hybridized carbons (Fsp3) is 0.200. The molecule has 19 heavy (non-hydrogen) atoms. The lowest BCUT2D eigenvalue weighted by molar-refractivity contribution is 0.409. The molecule has 2 rings (SSSR count). The predicted octanol–water partition coefficient (Wildman–Crippen LogP) is 4.21. The van der Waals surface area contributed by atoms with Gasteiger partial charge in [0.15, 0.2) is 0 Å². The molecule has 0 saturated carbocycles. The summed E-state index contributed by atoms with van der Waals surface area (Å²) in [5.74, 6) is 1.78. The van der Waals surface area contributed by atoms with Gasteiger partial charge in [0.25, 0.3) is 0 Å². The Bertz CT molecular complexity index is 560. The summed E-state index contributed by atoms with van der Waals surface area (Å²) in [6.07, 6.45) is 0. The first-order chi connectivity index (χ1) is 9.22. The van der Waals surface area contributed by atoms with Crippen LogP contribution in [0.1, 0.15) is 11.1 Å². The van der Waals surface area contributed by atoms with E-state index in [1.165, 1.54) is 10.5 Å². The van der Waals surface area contributed by atoms with Gasteiger partial charge in [0.2, 0.25) is 0 Å². The monoisotopic (exact) mass is 337 g/mol. The number of ether oxygens (including phenoxy) is 1. The highest BCUT2D eigenvalue weighted by Crippen LogP contribution is 2.27. The third-order valence-electron chi connectivity index (χ3n) is 2.77. The molecule has 2 nitrogen and oxygen atoms in total. The second kappa shape index (κ2) is 6.98. The van der Waals surface area contributed by atoms with Gasteiger partial charge in [0.05, 0.1) is 7.11 Å². The van der Waals surface area contributed by atoms with Crippen LogP contribution < -0.4 is 10.5 Å². The van der Waals surface area contributed by atoms with E-state index in [0.29, 0.717) is 6.54 Å². The highest BCUT2D eigenvalue weighted by Gasteiger charge is 2.03. The van der Waals surface area contributed by atoms with Crippen LogP contribution in [-0.2, 0) is 12.3 Å². The Balaban J connectivity index is 2.07. The lowest BCUT2D eigenvalue weighted by Crippen LogP contribution is -2.00. The third kappa shape index (κ3) is 4.00. The van der Waals surface area contributed by atoms with Gasteiger partial charge in [-0.1, -0.05) is 28.1 Å². The van der Waals surface area contributed by atoms with E-state index in [0.717, 1.165) is 21.5 Å². The van der Waals surface area contributed by atoms with Crippen LogP contribution in [0.25, 0.3) is 0 Å². The SMILES string of the molecule is COc1ccc(CSc2cccc(Br)c2)cc1CN. The van der Waals surface area contributed by atoms with Gasteiger partial charge in [-0.15, -0.1) is 11.8 Å². The first kappa shape index (κ1) is 14.4. The van der Waals surface area contributed by atoms with Gasteiger partial charge in [-0.3, -0.25) is 0 Å². The maximum absolute atomic E-state index is 5.73. The van der Waals surface area contributed by atoms with Crippen LogP contribution in [0.5, 0.6) is 5.75 Å². The zero-order chi connectivity index (χ0) is 13.7. The molecule has 4 heteroatoms. The summed E-state index contributed by atoms with van der Waals surface area (Å²) in [7, 11) is 1.67. The second-order valence-electron chi connectivity index (χ2n) is 4.10. The highest BCUT2D eigenvalue weighted by molar-refractivity contribution is 9.10. The highest BCUT2D eigenvalue weighted by atomic mass is 79.9. The molecule has 0 unspecified atom stereocenters. The molecule has 0 amide bonds. The minimum Gasteiger partial charge on any atom is -0.496 e. The zero-order valence-corrected chi connectivity index (χ0v) is 13.1. The number of rotatable bonds is 5. The first-order valence-electron chi connectivity index (χ1n) is 5.97. The molecule has 2 aromatic rings. The van der Waals surface area contributed by atoms with Crippen molar-refractivity contribution in [3.05, 3.63) is 58.1 Å². The first-order valence-corrected chi connectivity index (χ1v) is 7.75. The van der Waals surface area contributed by atoms with Crippen molar-refractivity contribution in [2.45, 2.75) is 17.2 Å². The number of nitrogens with two attached hydrogens (primary N) is 1. The fourth-order valence-corrected chi connectivity index (χ4v) is 3.25. The van der Waals surface area contributed by atoms with Crippen molar-refractivity contribution in [3.63, 3.8) is 0 Å². The number of hydrogen-bond donors (Lipinski definition) is 1. The second-order valence-corrected chi connectivity index (χ2v) is 6.06. The topological polar surface area (TPSA) is 35.2 Å². The molecule has 0 aliphatic carbocycles. The summed E-state index contributed by atoms with van der Waals surface area (Å²) >= 11 is 5.29. The van der Waals surface area contributed by atoms with Gasteiger partial charge < -0.3 is 10.5 Å². The largest absolute Gasteiger partial charge is 0.496 e. The van der Waals surface area contributed by atoms with Crippen molar-refractivity contribution in [2.75, 3.05) is 7.11 Å². The summed E-state index contributed by atoms with van der Waals surface area (Å²) in [5, 5.41) is 0. The quantitative estimate of drug-likeness (QED) is 0.830. The van der Waals surface area contributed by atoms with Gasteiger partial charge >= 0.3 is 0 Å². The Kier molecular flexibility index (Phi) is 5.31. The smallest absolute Gasteiger partial charge is 0.123 e. The predicted molar refractivity (Wildman–Crippen MR) is 84.6 cm³/mol. The molecule has 0 bridgehead atoms. The normalized spacial score (nSPS) is 10.5. The summed E-state index contributed by atoms with van der Waals surface area (Å²) in [6, 6.07) is 14.5. The van der Waals surface area contributed by atoms with Crippen molar-refractivity contribution < 1.29 is 4.74 Å². The van der Waals surface area contributed by atoms with Crippen LogP contribution in [0, 0.1) is 0 Å². The van der Waals surface area contributed by atoms with Crippen molar-refractivity contribution in [1.29, 1.82) is 0 Å². The van der Waals surface area contributed by atoms with Crippen LogP contribution >= 0.6 is 27.7 Å². The minimum absolute atomic E-state index is 0.499. The summed E-state index contributed by atoms with van der Waals surface area (Å²) in [4.78, 5) is 1.25. The van der Waals surface area contributed by atoms with Crippen molar-refractivity contribution >= 4 is 27.7 Å².